The summed E-state index contributed by atoms with van der Waals surface area (Å²) in [6, 6.07) is 22.4. The van der Waals surface area contributed by atoms with Gasteiger partial charge in [-0.1, -0.05) is 48.5 Å². The largest absolute Gasteiger partial charge is 0.353 e. The van der Waals surface area contributed by atoms with Crippen LogP contribution < -0.4 is 0 Å². The van der Waals surface area contributed by atoms with E-state index in [1.165, 1.54) is 38.7 Å². The highest BCUT2D eigenvalue weighted by atomic mass is 32.1. The first-order chi connectivity index (χ1) is 14.7. The zero-order valence-corrected chi connectivity index (χ0v) is 18.7. The minimum Gasteiger partial charge on any atom is -0.353 e. The lowest BCUT2D eigenvalue weighted by atomic mass is 10.0. The van der Waals surface area contributed by atoms with E-state index in [-0.39, 0.29) is 0 Å². The van der Waals surface area contributed by atoms with Crippen molar-refractivity contribution in [1.29, 1.82) is 0 Å². The van der Waals surface area contributed by atoms with Crippen LogP contribution in [0.2, 0.25) is 0 Å². The van der Waals surface area contributed by atoms with E-state index in [1.54, 1.807) is 0 Å². The Hall–Kier alpha value is -2.43. The second-order valence-corrected chi connectivity index (χ2v) is 9.88. The average molecular weight is 416 g/mol. The summed E-state index contributed by atoms with van der Waals surface area (Å²) < 4.78 is 0. The highest BCUT2D eigenvalue weighted by Gasteiger charge is 2.29. The van der Waals surface area contributed by atoms with Gasteiger partial charge in [0.2, 0.25) is 0 Å². The standard InChI is InChI=1S/C26H29N3S/c1-19-16-23-25(30-19)17-21-10-6-7-11-24(21)27-26(23)29-15-14-28(2)22(18-29)13-12-20-8-4-3-5-9-20/h3-11,16,22H,12-15,17-18H2,1-2H3/t22-/m0/s1. The van der Waals surface area contributed by atoms with Crippen molar-refractivity contribution in [2.45, 2.75) is 32.2 Å². The van der Waals surface area contributed by atoms with Crippen molar-refractivity contribution in [3.8, 4) is 0 Å². The fourth-order valence-electron chi connectivity index (χ4n) is 4.67. The summed E-state index contributed by atoms with van der Waals surface area (Å²) in [5.41, 5.74) is 5.25. The van der Waals surface area contributed by atoms with Gasteiger partial charge in [-0.05, 0) is 50.1 Å². The fourth-order valence-corrected chi connectivity index (χ4v) is 5.72. The molecule has 0 radical (unpaired) electrons. The van der Waals surface area contributed by atoms with Crippen LogP contribution in [0.25, 0.3) is 0 Å². The van der Waals surface area contributed by atoms with E-state index in [0.29, 0.717) is 6.04 Å². The van der Waals surface area contributed by atoms with Gasteiger partial charge in [0.25, 0.3) is 0 Å². The van der Waals surface area contributed by atoms with Crippen LogP contribution >= 0.6 is 11.3 Å². The van der Waals surface area contributed by atoms with Gasteiger partial charge < -0.3 is 4.90 Å². The Labute approximate surface area is 183 Å². The molecule has 5 rings (SSSR count). The van der Waals surface area contributed by atoms with Gasteiger partial charge in [-0.3, -0.25) is 4.90 Å². The molecule has 0 spiro atoms. The lowest BCUT2D eigenvalue weighted by Gasteiger charge is -2.41. The van der Waals surface area contributed by atoms with Crippen LogP contribution in [-0.2, 0) is 12.8 Å². The van der Waals surface area contributed by atoms with Crippen LogP contribution in [0.3, 0.4) is 0 Å². The minimum absolute atomic E-state index is 0.545. The van der Waals surface area contributed by atoms with Crippen molar-refractivity contribution >= 4 is 22.9 Å². The number of hydrogen-bond acceptors (Lipinski definition) is 4. The Morgan fingerprint density at radius 2 is 1.83 bits per heavy atom. The topological polar surface area (TPSA) is 18.8 Å². The highest BCUT2D eigenvalue weighted by Crippen LogP contribution is 2.34. The lowest BCUT2D eigenvalue weighted by Crippen LogP contribution is -2.53. The molecule has 1 fully saturated rings. The number of para-hydroxylation sites is 1. The third-order valence-electron chi connectivity index (χ3n) is 6.43. The third-order valence-corrected chi connectivity index (χ3v) is 7.48. The number of benzene rings is 2. The van der Waals surface area contributed by atoms with Crippen LogP contribution in [0.4, 0.5) is 5.69 Å². The van der Waals surface area contributed by atoms with Crippen LogP contribution in [0, 0.1) is 6.92 Å². The van der Waals surface area contributed by atoms with Crippen molar-refractivity contribution in [3.05, 3.63) is 87.1 Å². The van der Waals surface area contributed by atoms with Crippen molar-refractivity contribution < 1.29 is 0 Å². The van der Waals surface area contributed by atoms with Crippen LogP contribution in [0.15, 0.2) is 65.7 Å². The van der Waals surface area contributed by atoms with Gasteiger partial charge in [0.05, 0.1) is 5.69 Å². The molecular weight excluding hydrogens is 386 g/mol. The molecule has 1 saturated heterocycles. The van der Waals surface area contributed by atoms with Gasteiger partial charge in [-0.15, -0.1) is 11.3 Å². The first-order valence-electron chi connectivity index (χ1n) is 10.9. The molecule has 1 atom stereocenters. The van der Waals surface area contributed by atoms with Gasteiger partial charge >= 0.3 is 0 Å². The molecule has 2 aliphatic rings. The van der Waals surface area contributed by atoms with Crippen molar-refractivity contribution in [3.63, 3.8) is 0 Å². The number of thiophene rings is 1. The molecule has 154 valence electrons. The third kappa shape index (κ3) is 3.94. The van der Waals surface area contributed by atoms with Crippen molar-refractivity contribution in [1.82, 2.24) is 9.80 Å². The molecule has 1 aromatic heterocycles. The Morgan fingerprint density at radius 1 is 1.03 bits per heavy atom. The maximum Gasteiger partial charge on any atom is 0.137 e. The quantitative estimate of drug-likeness (QED) is 0.579. The maximum absolute atomic E-state index is 5.23. The normalized spacial score (nSPS) is 19.1. The molecule has 4 heteroatoms. The smallest absolute Gasteiger partial charge is 0.137 e. The number of piperazine rings is 1. The molecule has 3 nitrogen and oxygen atoms in total. The van der Waals surface area contributed by atoms with E-state index in [2.05, 4.69) is 84.4 Å². The Bertz CT molecular complexity index is 1050. The average Bonchev–Trinajstić information content (AvgIpc) is 3.05. The van der Waals surface area contributed by atoms with Gasteiger partial charge in [0.15, 0.2) is 0 Å². The second kappa shape index (κ2) is 8.37. The summed E-state index contributed by atoms with van der Waals surface area (Å²) in [5, 5.41) is 0. The first kappa shape index (κ1) is 19.5. The van der Waals surface area contributed by atoms with Crippen molar-refractivity contribution in [2.75, 3.05) is 26.7 Å². The molecule has 0 saturated carbocycles. The summed E-state index contributed by atoms with van der Waals surface area (Å²) in [7, 11) is 2.28. The summed E-state index contributed by atoms with van der Waals surface area (Å²) >= 11 is 1.93. The number of hydrogen-bond donors (Lipinski definition) is 0. The molecule has 2 aliphatic heterocycles. The molecule has 0 bridgehead atoms. The van der Waals surface area contributed by atoms with Crippen molar-refractivity contribution in [2.24, 2.45) is 4.99 Å². The number of fused-ring (bicyclic) bond motifs is 2. The highest BCUT2D eigenvalue weighted by molar-refractivity contribution is 7.12. The Balaban J connectivity index is 1.42. The molecule has 3 aromatic rings. The van der Waals surface area contributed by atoms with E-state index in [9.17, 15) is 0 Å². The predicted molar refractivity (Wildman–Crippen MR) is 127 cm³/mol. The number of aryl methyl sites for hydroxylation is 2. The van der Waals surface area contributed by atoms with E-state index in [1.807, 2.05) is 11.3 Å². The number of nitrogens with zero attached hydrogens (tertiary/aromatic N) is 3. The van der Waals surface area contributed by atoms with Gasteiger partial charge in [0, 0.05) is 47.4 Å². The second-order valence-electron chi connectivity index (χ2n) is 8.54. The molecule has 0 amide bonds. The van der Waals surface area contributed by atoms with E-state index in [4.69, 9.17) is 4.99 Å². The summed E-state index contributed by atoms with van der Waals surface area (Å²) in [5.74, 6) is 1.18. The molecule has 0 aliphatic carbocycles. The summed E-state index contributed by atoms with van der Waals surface area (Å²) in [6.45, 7) is 5.38. The van der Waals surface area contributed by atoms with Gasteiger partial charge in [-0.25, -0.2) is 4.99 Å². The summed E-state index contributed by atoms with van der Waals surface area (Å²) in [4.78, 5) is 13.1. The lowest BCUT2D eigenvalue weighted by molar-refractivity contribution is 0.134. The summed E-state index contributed by atoms with van der Waals surface area (Å²) in [6.07, 6.45) is 3.29. The maximum atomic E-state index is 5.23. The fraction of sp³-hybridized carbons (Fsp3) is 0.346. The predicted octanol–water partition coefficient (Wildman–Crippen LogP) is 5.29. The van der Waals surface area contributed by atoms with Crippen LogP contribution in [0.5, 0.6) is 0 Å². The molecule has 3 heterocycles. The SMILES string of the molecule is Cc1cc2c(s1)Cc1ccccc1N=C2N1CCN(C)[C@@H](CCc2ccccc2)C1. The molecule has 0 unspecified atom stereocenters. The zero-order chi connectivity index (χ0) is 20.5. The van der Waals surface area contributed by atoms with E-state index < -0.39 is 0 Å². The molecule has 0 N–H and O–H groups in total. The molecule has 30 heavy (non-hydrogen) atoms. The van der Waals surface area contributed by atoms with Gasteiger partial charge in [-0.2, -0.15) is 0 Å². The number of likely N-dealkylation sites (N-methyl/N-ethyl adjacent to an activating group) is 1. The molecule has 2 aromatic carbocycles. The number of aliphatic imine (C=N–C) groups is 1. The number of rotatable bonds is 3. The zero-order valence-electron chi connectivity index (χ0n) is 17.8. The number of amidine groups is 1. The van der Waals surface area contributed by atoms with E-state index in [0.717, 1.165) is 38.2 Å². The van der Waals surface area contributed by atoms with Crippen LogP contribution in [0.1, 0.15) is 32.9 Å². The Morgan fingerprint density at radius 3 is 2.70 bits per heavy atom. The van der Waals surface area contributed by atoms with Crippen LogP contribution in [-0.4, -0.2) is 48.4 Å². The first-order valence-corrected chi connectivity index (χ1v) is 11.7. The minimum atomic E-state index is 0.545. The monoisotopic (exact) mass is 415 g/mol. The van der Waals surface area contributed by atoms with Gasteiger partial charge in [0.1, 0.15) is 5.84 Å². The Kier molecular flexibility index (Phi) is 5.45. The molecular formula is C26H29N3S. The van der Waals surface area contributed by atoms with E-state index >= 15 is 0 Å².